The third-order valence-electron chi connectivity index (χ3n) is 2.60. The highest BCUT2D eigenvalue weighted by Gasteiger charge is 2.11. The molecule has 0 saturated carbocycles. The molecular formula is C12H11N3O. The molecule has 0 aliphatic carbocycles. The van der Waals surface area contributed by atoms with Crippen LogP contribution in [0.25, 0.3) is 22.6 Å². The Balaban J connectivity index is 2.23. The van der Waals surface area contributed by atoms with E-state index in [9.17, 15) is 0 Å². The number of nitrogens with one attached hydrogen (secondary N) is 1. The molecule has 1 N–H and O–H groups in total. The maximum absolute atomic E-state index is 5.31. The Morgan fingerprint density at radius 3 is 2.88 bits per heavy atom. The van der Waals surface area contributed by atoms with Crippen molar-refractivity contribution in [2.75, 3.05) is 0 Å². The number of aryl methyl sites for hydroxylation is 2. The molecule has 1 aromatic carbocycles. The molecule has 3 aromatic rings. The van der Waals surface area contributed by atoms with Crippen LogP contribution in [0, 0.1) is 13.8 Å². The molecule has 0 aliphatic heterocycles. The van der Waals surface area contributed by atoms with E-state index in [0.717, 1.165) is 22.6 Å². The number of benzene rings is 1. The van der Waals surface area contributed by atoms with E-state index < -0.39 is 0 Å². The highest BCUT2D eigenvalue weighted by molar-refractivity contribution is 5.79. The Morgan fingerprint density at radius 2 is 2.12 bits per heavy atom. The van der Waals surface area contributed by atoms with Crippen molar-refractivity contribution in [3.63, 3.8) is 0 Å². The molecule has 2 heterocycles. The number of imidazole rings is 1. The summed E-state index contributed by atoms with van der Waals surface area (Å²) < 4.78 is 5.31. The number of rotatable bonds is 1. The van der Waals surface area contributed by atoms with Gasteiger partial charge in [-0.2, -0.15) is 0 Å². The number of aromatic amines is 1. The second-order valence-corrected chi connectivity index (χ2v) is 3.87. The van der Waals surface area contributed by atoms with Crippen LogP contribution in [0.1, 0.15) is 11.3 Å². The lowest BCUT2D eigenvalue weighted by Gasteiger charge is -1.90. The maximum atomic E-state index is 5.31. The van der Waals surface area contributed by atoms with Crippen LogP contribution in [0.2, 0.25) is 0 Å². The first-order chi connectivity index (χ1) is 7.74. The minimum atomic E-state index is 0.703. The van der Waals surface area contributed by atoms with Crippen LogP contribution >= 0.6 is 0 Å². The largest absolute Gasteiger partial charge is 0.440 e. The molecule has 0 spiro atoms. The first kappa shape index (κ1) is 9.15. The minimum Gasteiger partial charge on any atom is -0.440 e. The predicted octanol–water partition coefficient (Wildman–Crippen LogP) is 2.83. The van der Waals surface area contributed by atoms with E-state index >= 15 is 0 Å². The minimum absolute atomic E-state index is 0.703. The van der Waals surface area contributed by atoms with Crippen LogP contribution in [-0.2, 0) is 0 Å². The van der Waals surface area contributed by atoms with Gasteiger partial charge in [0.25, 0.3) is 0 Å². The van der Waals surface area contributed by atoms with Gasteiger partial charge in [-0.3, -0.25) is 0 Å². The van der Waals surface area contributed by atoms with Crippen molar-refractivity contribution in [2.24, 2.45) is 0 Å². The predicted molar refractivity (Wildman–Crippen MR) is 61.1 cm³/mol. The van der Waals surface area contributed by atoms with E-state index in [1.807, 2.05) is 19.1 Å². The molecule has 4 heteroatoms. The van der Waals surface area contributed by atoms with Gasteiger partial charge >= 0.3 is 0 Å². The fourth-order valence-electron chi connectivity index (χ4n) is 1.76. The van der Waals surface area contributed by atoms with E-state index in [1.54, 1.807) is 0 Å². The van der Waals surface area contributed by atoms with Crippen LogP contribution < -0.4 is 0 Å². The Morgan fingerprint density at radius 1 is 1.25 bits per heavy atom. The topological polar surface area (TPSA) is 54.7 Å². The lowest BCUT2D eigenvalue weighted by Crippen LogP contribution is -1.80. The van der Waals surface area contributed by atoms with Gasteiger partial charge in [0, 0.05) is 0 Å². The normalized spacial score (nSPS) is 11.1. The number of hydrogen-bond donors (Lipinski definition) is 1. The SMILES string of the molecule is Cc1ccc2nc(-c3ocnc3C)[nH]c2c1. The van der Waals surface area contributed by atoms with E-state index in [1.165, 1.54) is 12.0 Å². The fourth-order valence-corrected chi connectivity index (χ4v) is 1.76. The van der Waals surface area contributed by atoms with Gasteiger partial charge in [0.05, 0.1) is 16.7 Å². The van der Waals surface area contributed by atoms with Crippen molar-refractivity contribution in [1.29, 1.82) is 0 Å². The van der Waals surface area contributed by atoms with Crippen molar-refractivity contribution in [2.45, 2.75) is 13.8 Å². The van der Waals surface area contributed by atoms with Gasteiger partial charge in [0.15, 0.2) is 18.0 Å². The number of hydrogen-bond acceptors (Lipinski definition) is 3. The van der Waals surface area contributed by atoms with Crippen LogP contribution in [-0.4, -0.2) is 15.0 Å². The van der Waals surface area contributed by atoms with Gasteiger partial charge in [-0.15, -0.1) is 0 Å². The zero-order valence-corrected chi connectivity index (χ0v) is 9.11. The highest BCUT2D eigenvalue weighted by Crippen LogP contribution is 2.23. The Labute approximate surface area is 92.3 Å². The average Bonchev–Trinajstić information content (AvgIpc) is 2.82. The summed E-state index contributed by atoms with van der Waals surface area (Å²) in [6.45, 7) is 3.96. The zero-order valence-electron chi connectivity index (χ0n) is 9.11. The molecule has 0 aliphatic rings. The number of oxazole rings is 1. The monoisotopic (exact) mass is 213 g/mol. The number of fused-ring (bicyclic) bond motifs is 1. The molecular weight excluding hydrogens is 202 g/mol. The molecule has 4 nitrogen and oxygen atoms in total. The Hall–Kier alpha value is -2.10. The number of nitrogens with zero attached hydrogens (tertiary/aromatic N) is 2. The van der Waals surface area contributed by atoms with Crippen molar-refractivity contribution < 1.29 is 4.42 Å². The molecule has 0 atom stereocenters. The third-order valence-corrected chi connectivity index (χ3v) is 2.60. The molecule has 0 amide bonds. The molecule has 80 valence electrons. The maximum Gasteiger partial charge on any atom is 0.192 e. The smallest absolute Gasteiger partial charge is 0.192 e. The average molecular weight is 213 g/mol. The molecule has 3 rings (SSSR count). The van der Waals surface area contributed by atoms with Crippen molar-refractivity contribution in [3.8, 4) is 11.6 Å². The van der Waals surface area contributed by atoms with Gasteiger partial charge in [-0.1, -0.05) is 6.07 Å². The first-order valence-corrected chi connectivity index (χ1v) is 5.11. The van der Waals surface area contributed by atoms with Crippen molar-refractivity contribution in [1.82, 2.24) is 15.0 Å². The van der Waals surface area contributed by atoms with Gasteiger partial charge in [0.1, 0.15) is 0 Å². The molecule has 0 fully saturated rings. The molecule has 16 heavy (non-hydrogen) atoms. The van der Waals surface area contributed by atoms with Crippen LogP contribution in [0.3, 0.4) is 0 Å². The number of aromatic nitrogens is 3. The second-order valence-electron chi connectivity index (χ2n) is 3.87. The Kier molecular flexibility index (Phi) is 1.83. The van der Waals surface area contributed by atoms with E-state index in [4.69, 9.17) is 4.42 Å². The summed E-state index contributed by atoms with van der Waals surface area (Å²) in [5.41, 5.74) is 4.01. The van der Waals surface area contributed by atoms with Gasteiger partial charge in [0.2, 0.25) is 0 Å². The summed E-state index contributed by atoms with van der Waals surface area (Å²) in [5, 5.41) is 0. The summed E-state index contributed by atoms with van der Waals surface area (Å²) >= 11 is 0. The van der Waals surface area contributed by atoms with Crippen molar-refractivity contribution >= 4 is 11.0 Å². The summed E-state index contributed by atoms with van der Waals surface area (Å²) in [4.78, 5) is 11.8. The zero-order chi connectivity index (χ0) is 11.1. The molecule has 0 bridgehead atoms. The van der Waals surface area contributed by atoms with E-state index in [2.05, 4.69) is 27.9 Å². The second kappa shape index (κ2) is 3.20. The standard InChI is InChI=1S/C12H11N3O/c1-7-3-4-9-10(5-7)15-12(14-9)11-8(2)13-6-16-11/h3-6H,1-2H3,(H,14,15). The Bertz CT molecular complexity index is 651. The lowest BCUT2D eigenvalue weighted by atomic mass is 10.2. The van der Waals surface area contributed by atoms with Crippen LogP contribution in [0.5, 0.6) is 0 Å². The van der Waals surface area contributed by atoms with Gasteiger partial charge in [-0.05, 0) is 31.5 Å². The molecule has 2 aromatic heterocycles. The molecule has 0 saturated heterocycles. The molecule has 0 unspecified atom stereocenters. The number of H-pyrrole nitrogens is 1. The van der Waals surface area contributed by atoms with Crippen LogP contribution in [0.15, 0.2) is 29.0 Å². The van der Waals surface area contributed by atoms with Crippen LogP contribution in [0.4, 0.5) is 0 Å². The lowest BCUT2D eigenvalue weighted by molar-refractivity contribution is 0.567. The summed E-state index contributed by atoms with van der Waals surface area (Å²) in [6, 6.07) is 6.11. The summed E-state index contributed by atoms with van der Waals surface area (Å²) in [7, 11) is 0. The van der Waals surface area contributed by atoms with E-state index in [-0.39, 0.29) is 0 Å². The summed E-state index contributed by atoms with van der Waals surface area (Å²) in [5.74, 6) is 1.43. The first-order valence-electron chi connectivity index (χ1n) is 5.11. The highest BCUT2D eigenvalue weighted by atomic mass is 16.3. The quantitative estimate of drug-likeness (QED) is 0.676. The fraction of sp³-hybridized carbons (Fsp3) is 0.167. The molecule has 0 radical (unpaired) electrons. The van der Waals surface area contributed by atoms with Gasteiger partial charge < -0.3 is 9.40 Å². The van der Waals surface area contributed by atoms with Gasteiger partial charge in [-0.25, -0.2) is 9.97 Å². The summed E-state index contributed by atoms with van der Waals surface area (Å²) in [6.07, 6.45) is 1.43. The van der Waals surface area contributed by atoms with E-state index in [0.29, 0.717) is 5.76 Å². The third kappa shape index (κ3) is 1.31. The van der Waals surface area contributed by atoms with Crippen molar-refractivity contribution in [3.05, 3.63) is 35.9 Å².